The van der Waals surface area contributed by atoms with Crippen LogP contribution in [0.1, 0.15) is 44.6 Å². The summed E-state index contributed by atoms with van der Waals surface area (Å²) >= 11 is 0. The first-order valence-corrected chi connectivity index (χ1v) is 14.9. The molecule has 2 N–H and O–H groups in total. The van der Waals surface area contributed by atoms with Crippen molar-refractivity contribution in [1.82, 2.24) is 39.3 Å². The average molecular weight is 616 g/mol. The van der Waals surface area contributed by atoms with Crippen molar-refractivity contribution in [1.29, 1.82) is 0 Å². The van der Waals surface area contributed by atoms with E-state index in [1.54, 1.807) is 33.0 Å². The summed E-state index contributed by atoms with van der Waals surface area (Å²) in [6.07, 6.45) is 7.43. The lowest BCUT2D eigenvalue weighted by atomic mass is 9.98. The molecule has 1 amide bonds. The fourth-order valence-electron chi connectivity index (χ4n) is 5.41. The molecule has 0 radical (unpaired) electrons. The number of carbonyl (C=O) groups is 2. The number of benzene rings is 1. The van der Waals surface area contributed by atoms with E-state index in [0.717, 1.165) is 34.3 Å². The lowest BCUT2D eigenvalue weighted by molar-refractivity contribution is -0.157. The van der Waals surface area contributed by atoms with E-state index < -0.39 is 5.41 Å². The van der Waals surface area contributed by atoms with E-state index in [1.165, 1.54) is 11.0 Å². The SMILES string of the molecule is Cc1c(-c2ccc(OCc3cnnn3COC(=O)C(C)(C)C)cc2)c2c(N)ncnc2n1[C@@H]1CCN(C(=O)C=CCN(C)C)C1. The molecule has 5 rings (SSSR count). The molecule has 13 heteroatoms. The molecule has 0 unspecified atom stereocenters. The minimum Gasteiger partial charge on any atom is -0.487 e. The number of fused-ring (bicyclic) bond motifs is 1. The largest absolute Gasteiger partial charge is 0.487 e. The van der Waals surface area contributed by atoms with Gasteiger partial charge in [0, 0.05) is 37.0 Å². The maximum atomic E-state index is 12.8. The third kappa shape index (κ3) is 6.98. The topological polar surface area (TPSA) is 147 Å². The number of carbonyl (C=O) groups excluding carboxylic acids is 2. The Morgan fingerprint density at radius 3 is 2.62 bits per heavy atom. The zero-order valence-corrected chi connectivity index (χ0v) is 26.7. The molecule has 45 heavy (non-hydrogen) atoms. The van der Waals surface area contributed by atoms with Gasteiger partial charge in [0.05, 0.1) is 28.7 Å². The smallest absolute Gasteiger partial charge is 0.313 e. The zero-order chi connectivity index (χ0) is 32.3. The second kappa shape index (κ2) is 13.1. The lowest BCUT2D eigenvalue weighted by Gasteiger charge is -2.18. The van der Waals surface area contributed by atoms with Crippen LogP contribution in [0.4, 0.5) is 5.82 Å². The first-order chi connectivity index (χ1) is 21.4. The summed E-state index contributed by atoms with van der Waals surface area (Å²) in [4.78, 5) is 37.8. The molecule has 0 aliphatic carbocycles. The van der Waals surface area contributed by atoms with Crippen molar-refractivity contribution in [3.8, 4) is 16.9 Å². The predicted molar refractivity (Wildman–Crippen MR) is 170 cm³/mol. The van der Waals surface area contributed by atoms with Gasteiger partial charge in [-0.3, -0.25) is 9.59 Å². The Morgan fingerprint density at radius 1 is 1.16 bits per heavy atom. The van der Waals surface area contributed by atoms with Crippen LogP contribution in [0.2, 0.25) is 0 Å². The summed E-state index contributed by atoms with van der Waals surface area (Å²) in [5.74, 6) is 0.747. The number of nitrogen functional groups attached to an aromatic ring is 1. The molecular formula is C32H41N9O4. The van der Waals surface area contributed by atoms with Crippen molar-refractivity contribution in [3.63, 3.8) is 0 Å². The molecular weight excluding hydrogens is 574 g/mol. The minimum absolute atomic E-state index is 0.0168. The van der Waals surface area contributed by atoms with Crippen molar-refractivity contribution in [2.24, 2.45) is 5.41 Å². The van der Waals surface area contributed by atoms with E-state index in [2.05, 4.69) is 31.8 Å². The summed E-state index contributed by atoms with van der Waals surface area (Å²) < 4.78 is 15.1. The van der Waals surface area contributed by atoms with Crippen molar-refractivity contribution < 1.29 is 19.1 Å². The van der Waals surface area contributed by atoms with Crippen LogP contribution in [0.15, 0.2) is 48.9 Å². The highest BCUT2D eigenvalue weighted by molar-refractivity contribution is 6.02. The monoisotopic (exact) mass is 615 g/mol. The Labute approximate surface area is 262 Å². The van der Waals surface area contributed by atoms with E-state index in [0.29, 0.717) is 36.9 Å². The van der Waals surface area contributed by atoms with E-state index in [9.17, 15) is 9.59 Å². The Balaban J connectivity index is 1.32. The van der Waals surface area contributed by atoms with E-state index in [1.807, 2.05) is 54.2 Å². The van der Waals surface area contributed by atoms with Crippen LogP contribution in [0.25, 0.3) is 22.2 Å². The van der Waals surface area contributed by atoms with Gasteiger partial charge in [0.25, 0.3) is 0 Å². The molecule has 1 aromatic carbocycles. The van der Waals surface area contributed by atoms with Crippen LogP contribution in [-0.2, 0) is 27.7 Å². The fraction of sp³-hybridized carbons (Fsp3) is 0.438. The highest BCUT2D eigenvalue weighted by atomic mass is 16.5. The number of anilines is 1. The molecule has 1 fully saturated rings. The number of likely N-dealkylation sites (tertiary alicyclic amines) is 1. The van der Waals surface area contributed by atoms with Gasteiger partial charge in [0.15, 0.2) is 6.73 Å². The highest BCUT2D eigenvalue weighted by Crippen LogP contribution is 2.40. The lowest BCUT2D eigenvalue weighted by Crippen LogP contribution is -2.27. The summed E-state index contributed by atoms with van der Waals surface area (Å²) in [7, 11) is 3.94. The quantitative estimate of drug-likeness (QED) is 0.207. The van der Waals surface area contributed by atoms with E-state index >= 15 is 0 Å². The number of amides is 1. The van der Waals surface area contributed by atoms with Crippen molar-refractivity contribution >= 4 is 28.7 Å². The predicted octanol–water partition coefficient (Wildman–Crippen LogP) is 3.60. The number of hydrogen-bond acceptors (Lipinski definition) is 10. The van der Waals surface area contributed by atoms with Crippen LogP contribution in [0.3, 0.4) is 0 Å². The first kappa shape index (κ1) is 31.6. The van der Waals surface area contributed by atoms with E-state index in [-0.39, 0.29) is 31.3 Å². The number of nitrogens with two attached hydrogens (primary N) is 1. The molecule has 238 valence electrons. The van der Waals surface area contributed by atoms with Gasteiger partial charge in [-0.2, -0.15) is 0 Å². The molecule has 4 heterocycles. The van der Waals surface area contributed by atoms with Gasteiger partial charge in [-0.1, -0.05) is 23.4 Å². The number of aromatic nitrogens is 6. The molecule has 0 saturated carbocycles. The molecule has 3 aromatic heterocycles. The molecule has 1 saturated heterocycles. The minimum atomic E-state index is -0.611. The van der Waals surface area contributed by atoms with Gasteiger partial charge in [0.2, 0.25) is 5.91 Å². The summed E-state index contributed by atoms with van der Waals surface area (Å²) in [5, 5.41) is 8.73. The molecule has 1 aliphatic rings. The number of esters is 1. The number of ether oxygens (including phenoxy) is 2. The third-order valence-corrected chi connectivity index (χ3v) is 7.79. The molecule has 1 aliphatic heterocycles. The number of likely N-dealkylation sites (N-methyl/N-ethyl adjacent to an activating group) is 1. The molecule has 0 spiro atoms. The maximum absolute atomic E-state index is 12.8. The first-order valence-electron chi connectivity index (χ1n) is 14.9. The fourth-order valence-corrected chi connectivity index (χ4v) is 5.41. The summed E-state index contributed by atoms with van der Waals surface area (Å²) in [6, 6.07) is 7.80. The average Bonchev–Trinajstić information content (AvgIpc) is 3.72. The molecule has 0 bridgehead atoms. The summed E-state index contributed by atoms with van der Waals surface area (Å²) in [5.41, 5.74) is 10.2. The maximum Gasteiger partial charge on any atom is 0.313 e. The van der Waals surface area contributed by atoms with Gasteiger partial charge in [-0.25, -0.2) is 14.6 Å². The summed E-state index contributed by atoms with van der Waals surface area (Å²) in [6.45, 7) is 9.57. The second-order valence-corrected chi connectivity index (χ2v) is 12.5. The van der Waals surface area contributed by atoms with Gasteiger partial charge < -0.3 is 29.6 Å². The van der Waals surface area contributed by atoms with Crippen molar-refractivity contribution in [3.05, 3.63) is 60.3 Å². The molecule has 4 aromatic rings. The second-order valence-electron chi connectivity index (χ2n) is 12.5. The van der Waals surface area contributed by atoms with E-state index in [4.69, 9.17) is 15.2 Å². The van der Waals surface area contributed by atoms with Crippen molar-refractivity contribution in [2.75, 3.05) is 39.5 Å². The van der Waals surface area contributed by atoms with Crippen LogP contribution in [0, 0.1) is 12.3 Å². The third-order valence-electron chi connectivity index (χ3n) is 7.79. The van der Waals surface area contributed by atoms with Crippen LogP contribution in [0.5, 0.6) is 5.75 Å². The van der Waals surface area contributed by atoms with Crippen LogP contribution >= 0.6 is 0 Å². The molecule has 13 nitrogen and oxygen atoms in total. The van der Waals surface area contributed by atoms with Crippen LogP contribution < -0.4 is 10.5 Å². The van der Waals surface area contributed by atoms with Gasteiger partial charge in [-0.15, -0.1) is 5.10 Å². The number of nitrogens with zero attached hydrogens (tertiary/aromatic N) is 8. The molecule has 1 atom stereocenters. The van der Waals surface area contributed by atoms with Gasteiger partial charge in [0.1, 0.15) is 30.1 Å². The normalized spacial score (nSPS) is 15.4. The Kier molecular flexibility index (Phi) is 9.19. The number of rotatable bonds is 10. The Hall–Kier alpha value is -4.78. The highest BCUT2D eigenvalue weighted by Gasteiger charge is 2.31. The Bertz CT molecular complexity index is 1700. The van der Waals surface area contributed by atoms with Gasteiger partial charge in [-0.05, 0) is 65.9 Å². The Morgan fingerprint density at radius 2 is 1.91 bits per heavy atom. The van der Waals surface area contributed by atoms with Gasteiger partial charge >= 0.3 is 5.97 Å². The van der Waals surface area contributed by atoms with Crippen LogP contribution in [-0.4, -0.2) is 84.9 Å². The standard InChI is InChI=1S/C32H41N9O4/c1-21-27(22-9-11-25(12-10-22)44-18-24-16-36-37-40(24)20-45-31(43)32(2,3)4)28-29(33)34-19-35-30(28)41(21)23-13-15-39(17-23)26(42)8-7-14-38(5)6/h7-12,16,19,23H,13-15,17-18,20H2,1-6H3,(H2,33,34,35)/t23-/m1/s1. The number of hydrogen-bond donors (Lipinski definition) is 1. The zero-order valence-electron chi connectivity index (χ0n) is 26.7. The van der Waals surface area contributed by atoms with Crippen molar-refractivity contribution in [2.45, 2.75) is 53.5 Å².